The maximum atomic E-state index is 11.8. The second-order valence-corrected chi connectivity index (χ2v) is 5.87. The zero-order valence-electron chi connectivity index (χ0n) is 8.96. The molecule has 0 saturated carbocycles. The zero-order chi connectivity index (χ0) is 10.9. The van der Waals surface area contributed by atoms with Crippen molar-refractivity contribution in [1.82, 2.24) is 0 Å². The van der Waals surface area contributed by atoms with Crippen LogP contribution in [0.2, 0.25) is 0 Å². The van der Waals surface area contributed by atoms with Crippen LogP contribution in [0.5, 0.6) is 5.75 Å². The van der Waals surface area contributed by atoms with Crippen LogP contribution < -0.4 is 0 Å². The van der Waals surface area contributed by atoms with E-state index in [2.05, 4.69) is 0 Å². The molecular weight excluding hydrogens is 195 g/mol. The topological polar surface area (TPSA) is 37.3 Å². The van der Waals surface area contributed by atoms with E-state index in [1.54, 1.807) is 6.07 Å². The summed E-state index contributed by atoms with van der Waals surface area (Å²) in [5.41, 5.74) is 2.40. The Kier molecular flexibility index (Phi) is 3.28. The third-order valence-electron chi connectivity index (χ3n) is 2.08. The second kappa shape index (κ2) is 4.10. The molecular formula is C11H15O2P. The highest BCUT2D eigenvalue weighted by atomic mass is 31.1. The van der Waals surface area contributed by atoms with Crippen molar-refractivity contribution in [2.24, 2.45) is 0 Å². The minimum Gasteiger partial charge on any atom is -0.507 e. The molecule has 0 aliphatic carbocycles. The van der Waals surface area contributed by atoms with Gasteiger partial charge in [-0.15, -0.1) is 0 Å². The van der Waals surface area contributed by atoms with E-state index in [4.69, 9.17) is 0 Å². The fourth-order valence-corrected chi connectivity index (χ4v) is 2.19. The zero-order valence-corrected chi connectivity index (χ0v) is 9.85. The Morgan fingerprint density at radius 2 is 1.86 bits per heavy atom. The first-order valence-electron chi connectivity index (χ1n) is 4.45. The van der Waals surface area contributed by atoms with E-state index in [0.29, 0.717) is 5.56 Å². The lowest BCUT2D eigenvalue weighted by molar-refractivity contribution is 0.108. The summed E-state index contributed by atoms with van der Waals surface area (Å²) >= 11 is 0. The van der Waals surface area contributed by atoms with Crippen LogP contribution in [-0.2, 0) is 0 Å². The van der Waals surface area contributed by atoms with Gasteiger partial charge in [0.1, 0.15) is 5.75 Å². The quantitative estimate of drug-likeness (QED) is 0.762. The largest absolute Gasteiger partial charge is 0.507 e. The molecule has 0 aliphatic rings. The number of phenolic OH excluding ortho intramolecular Hbond substituents is 1. The van der Waals surface area contributed by atoms with Crippen LogP contribution in [0.4, 0.5) is 0 Å². The molecule has 0 fully saturated rings. The van der Waals surface area contributed by atoms with E-state index >= 15 is 0 Å². The minimum absolute atomic E-state index is 0.0648. The predicted octanol–water partition coefficient (Wildman–Crippen LogP) is 2.89. The number of hydrogen-bond acceptors (Lipinski definition) is 2. The molecule has 2 nitrogen and oxygen atoms in total. The lowest BCUT2D eigenvalue weighted by Gasteiger charge is -2.10. The van der Waals surface area contributed by atoms with Crippen molar-refractivity contribution in [3.05, 3.63) is 28.8 Å². The van der Waals surface area contributed by atoms with Crippen LogP contribution in [0, 0.1) is 13.8 Å². The van der Waals surface area contributed by atoms with Gasteiger partial charge < -0.3 is 5.11 Å². The fraction of sp³-hybridized carbons (Fsp3) is 0.364. The lowest BCUT2D eigenvalue weighted by Crippen LogP contribution is -2.00. The molecule has 0 bridgehead atoms. The van der Waals surface area contributed by atoms with Gasteiger partial charge in [0.05, 0.1) is 5.56 Å². The number of phenols is 1. The van der Waals surface area contributed by atoms with Gasteiger partial charge in [0.15, 0.2) is 5.52 Å². The lowest BCUT2D eigenvalue weighted by atomic mass is 10.1. The molecule has 1 rings (SSSR count). The highest BCUT2D eigenvalue weighted by Gasteiger charge is 2.17. The van der Waals surface area contributed by atoms with Crippen molar-refractivity contribution in [1.29, 1.82) is 0 Å². The number of carbonyl (C=O) groups is 1. The molecule has 0 heterocycles. The molecule has 1 N–H and O–H groups in total. The van der Waals surface area contributed by atoms with E-state index < -0.39 is 7.92 Å². The summed E-state index contributed by atoms with van der Waals surface area (Å²) in [6, 6.07) is 3.56. The molecule has 0 saturated heterocycles. The summed E-state index contributed by atoms with van der Waals surface area (Å²) in [5, 5.41) is 9.68. The standard InChI is InChI=1S/C11H15O2P/c1-7-5-8(2)10(9(12)6-7)11(13)14(3)4/h5-6,12H,1-4H3. The first kappa shape index (κ1) is 11.2. The van der Waals surface area contributed by atoms with Crippen LogP contribution in [-0.4, -0.2) is 24.0 Å². The molecule has 0 unspecified atom stereocenters. The monoisotopic (exact) mass is 210 g/mol. The summed E-state index contributed by atoms with van der Waals surface area (Å²) < 4.78 is 0. The summed E-state index contributed by atoms with van der Waals surface area (Å²) in [5.74, 6) is 0.115. The molecule has 0 aromatic heterocycles. The maximum Gasteiger partial charge on any atom is 0.187 e. The van der Waals surface area contributed by atoms with Crippen LogP contribution in [0.3, 0.4) is 0 Å². The van der Waals surface area contributed by atoms with Gasteiger partial charge in [0.25, 0.3) is 0 Å². The van der Waals surface area contributed by atoms with Gasteiger partial charge in [-0.25, -0.2) is 0 Å². The van der Waals surface area contributed by atoms with Gasteiger partial charge in [-0.1, -0.05) is 6.07 Å². The van der Waals surface area contributed by atoms with Gasteiger partial charge in [0, 0.05) is 0 Å². The van der Waals surface area contributed by atoms with Crippen molar-refractivity contribution in [3.63, 3.8) is 0 Å². The Morgan fingerprint density at radius 1 is 1.29 bits per heavy atom. The van der Waals surface area contributed by atoms with Crippen LogP contribution in [0.15, 0.2) is 12.1 Å². The highest BCUT2D eigenvalue weighted by Crippen LogP contribution is 2.36. The number of aryl methyl sites for hydroxylation is 2. The van der Waals surface area contributed by atoms with E-state index in [1.165, 1.54) is 0 Å². The average Bonchev–Trinajstić information content (AvgIpc) is 2.01. The molecule has 3 heteroatoms. The normalized spacial score (nSPS) is 10.6. The summed E-state index contributed by atoms with van der Waals surface area (Å²) in [4.78, 5) is 11.8. The Labute approximate surface area is 85.7 Å². The molecule has 1 aromatic rings. The summed E-state index contributed by atoms with van der Waals surface area (Å²) in [7, 11) is -0.679. The molecule has 0 radical (unpaired) electrons. The molecule has 14 heavy (non-hydrogen) atoms. The van der Waals surface area contributed by atoms with Gasteiger partial charge >= 0.3 is 0 Å². The van der Waals surface area contributed by atoms with Crippen LogP contribution >= 0.6 is 7.92 Å². The predicted molar refractivity (Wildman–Crippen MR) is 60.7 cm³/mol. The molecule has 76 valence electrons. The van der Waals surface area contributed by atoms with Crippen molar-refractivity contribution in [2.75, 3.05) is 13.3 Å². The Hall–Kier alpha value is -0.880. The first-order valence-corrected chi connectivity index (χ1v) is 6.69. The summed E-state index contributed by atoms with van der Waals surface area (Å²) in [6.07, 6.45) is 0. The smallest absolute Gasteiger partial charge is 0.187 e. The third-order valence-corrected chi connectivity index (χ3v) is 3.12. The van der Waals surface area contributed by atoms with Gasteiger partial charge in [0.2, 0.25) is 0 Å². The molecule has 0 aliphatic heterocycles. The Morgan fingerprint density at radius 3 is 2.29 bits per heavy atom. The number of aromatic hydroxyl groups is 1. The highest BCUT2D eigenvalue weighted by molar-refractivity contribution is 7.74. The number of benzene rings is 1. The SMILES string of the molecule is Cc1cc(C)c(C(=O)P(C)C)c(O)c1. The Balaban J connectivity index is 3.28. The van der Waals surface area contributed by atoms with Crippen molar-refractivity contribution in [2.45, 2.75) is 13.8 Å². The number of hydrogen-bond donors (Lipinski definition) is 1. The molecule has 0 spiro atoms. The maximum absolute atomic E-state index is 11.8. The fourth-order valence-electron chi connectivity index (χ4n) is 1.45. The molecule has 1 aromatic carbocycles. The number of rotatable bonds is 2. The van der Waals surface area contributed by atoms with Crippen molar-refractivity contribution < 1.29 is 9.90 Å². The van der Waals surface area contributed by atoms with E-state index in [1.807, 2.05) is 33.2 Å². The van der Waals surface area contributed by atoms with E-state index in [0.717, 1.165) is 11.1 Å². The van der Waals surface area contributed by atoms with Crippen molar-refractivity contribution >= 4 is 13.4 Å². The Bertz CT molecular complexity index is 347. The van der Waals surface area contributed by atoms with Crippen molar-refractivity contribution in [3.8, 4) is 5.75 Å². The van der Waals surface area contributed by atoms with Gasteiger partial charge in [-0.2, -0.15) is 0 Å². The minimum atomic E-state index is -0.679. The van der Waals surface area contributed by atoms with Crippen LogP contribution in [0.25, 0.3) is 0 Å². The number of carbonyl (C=O) groups excluding carboxylic acids is 1. The third kappa shape index (κ3) is 2.13. The van der Waals surface area contributed by atoms with E-state index in [9.17, 15) is 9.90 Å². The molecule has 0 atom stereocenters. The van der Waals surface area contributed by atoms with E-state index in [-0.39, 0.29) is 11.3 Å². The van der Waals surface area contributed by atoms with Crippen LogP contribution in [0.1, 0.15) is 21.5 Å². The average molecular weight is 210 g/mol. The second-order valence-electron chi connectivity index (χ2n) is 3.68. The van der Waals surface area contributed by atoms with Gasteiger partial charge in [-0.3, -0.25) is 4.79 Å². The first-order chi connectivity index (χ1) is 6.43. The van der Waals surface area contributed by atoms with Gasteiger partial charge in [-0.05, 0) is 52.3 Å². The summed E-state index contributed by atoms with van der Waals surface area (Å²) in [6.45, 7) is 7.56. The molecule has 0 amide bonds.